The van der Waals surface area contributed by atoms with Crippen LogP contribution in [0.15, 0.2) is 41.3 Å². The van der Waals surface area contributed by atoms with Crippen LogP contribution in [0.3, 0.4) is 0 Å². The zero-order valence-electron chi connectivity index (χ0n) is 14.6. The van der Waals surface area contributed by atoms with Crippen molar-refractivity contribution < 1.29 is 26.4 Å². The number of hydrogen-bond acceptors (Lipinski definition) is 5. The molecule has 0 spiro atoms. The van der Waals surface area contributed by atoms with E-state index >= 15 is 0 Å². The van der Waals surface area contributed by atoms with Crippen molar-refractivity contribution in [1.82, 2.24) is 19.7 Å². The van der Waals surface area contributed by atoms with Crippen LogP contribution in [-0.4, -0.2) is 29.3 Å². The van der Waals surface area contributed by atoms with Gasteiger partial charge in [-0.05, 0) is 43.7 Å². The third kappa shape index (κ3) is 3.60. The van der Waals surface area contributed by atoms with E-state index in [1.165, 1.54) is 19.9 Å². The maximum Gasteiger partial charge on any atom is 0.287 e. The van der Waals surface area contributed by atoms with E-state index in [2.05, 4.69) is 10.3 Å². The first-order valence-electron chi connectivity index (χ1n) is 7.81. The van der Waals surface area contributed by atoms with Crippen molar-refractivity contribution in [3.63, 3.8) is 0 Å². The number of aromatic nitrogens is 3. The number of carbonyl (C=O) groups excluding carboxylic acids is 1. The maximum atomic E-state index is 13.9. The summed E-state index contributed by atoms with van der Waals surface area (Å²) in [5.41, 5.74) is -0.305. The predicted octanol–water partition coefficient (Wildman–Crippen LogP) is 2.42. The molecule has 1 amide bonds. The first kappa shape index (κ1) is 19.5. The van der Waals surface area contributed by atoms with E-state index in [-0.39, 0.29) is 22.6 Å². The van der Waals surface area contributed by atoms with Gasteiger partial charge in [0, 0.05) is 6.07 Å². The average molecular weight is 410 g/mol. The molecule has 3 aromatic rings. The molecule has 0 aliphatic heterocycles. The van der Waals surface area contributed by atoms with Crippen molar-refractivity contribution in [1.29, 1.82) is 0 Å². The topological polar surface area (TPSA) is 93.9 Å². The van der Waals surface area contributed by atoms with Gasteiger partial charge in [-0.2, -0.15) is 0 Å². The van der Waals surface area contributed by atoms with E-state index in [1.54, 1.807) is 4.72 Å². The molecule has 0 aliphatic rings. The first-order valence-corrected chi connectivity index (χ1v) is 9.29. The van der Waals surface area contributed by atoms with Crippen molar-refractivity contribution in [3.05, 3.63) is 70.8 Å². The number of benzene rings is 2. The molecule has 7 nitrogen and oxygen atoms in total. The van der Waals surface area contributed by atoms with E-state index in [9.17, 15) is 26.4 Å². The first-order chi connectivity index (χ1) is 13.1. The van der Waals surface area contributed by atoms with E-state index in [0.717, 1.165) is 28.9 Å². The summed E-state index contributed by atoms with van der Waals surface area (Å²) in [5.74, 6) is -3.65. The third-order valence-corrected chi connectivity index (χ3v) is 5.39. The van der Waals surface area contributed by atoms with Crippen molar-refractivity contribution in [2.75, 3.05) is 0 Å². The van der Waals surface area contributed by atoms with Crippen molar-refractivity contribution in [2.24, 2.45) is 0 Å². The molecule has 3 rings (SSSR count). The molecular weight excluding hydrogens is 397 g/mol. The Morgan fingerprint density at radius 3 is 2.36 bits per heavy atom. The number of nitrogens with zero attached hydrogens (tertiary/aromatic N) is 3. The minimum atomic E-state index is -4.39. The lowest BCUT2D eigenvalue weighted by atomic mass is 10.2. The van der Waals surface area contributed by atoms with Crippen molar-refractivity contribution >= 4 is 15.9 Å². The largest absolute Gasteiger partial charge is 0.287 e. The number of halogens is 3. The zero-order chi connectivity index (χ0) is 20.6. The number of hydrogen-bond donors (Lipinski definition) is 1. The molecule has 11 heteroatoms. The standard InChI is InChI=1S/C17H13F3N4O3S/c1-9-3-4-12(19)8-15(9)28(26,27)22-17(25)16-10(2)24(23-21-16)14-6-5-11(18)7-13(14)20/h3-8H,1-2H3,(H,22,25). The minimum Gasteiger partial charge on any atom is -0.266 e. The van der Waals surface area contributed by atoms with Gasteiger partial charge in [0.1, 0.15) is 17.3 Å². The second-order valence-corrected chi connectivity index (χ2v) is 7.53. The van der Waals surface area contributed by atoms with Crippen LogP contribution >= 0.6 is 0 Å². The molecule has 0 unspecified atom stereocenters. The molecule has 0 radical (unpaired) electrons. The molecular formula is C17H13F3N4O3S. The summed E-state index contributed by atoms with van der Waals surface area (Å²) in [6.07, 6.45) is 0. The van der Waals surface area contributed by atoms with Gasteiger partial charge >= 0.3 is 0 Å². The Morgan fingerprint density at radius 2 is 1.68 bits per heavy atom. The molecule has 0 atom stereocenters. The molecule has 146 valence electrons. The summed E-state index contributed by atoms with van der Waals surface area (Å²) in [4.78, 5) is 12.0. The van der Waals surface area contributed by atoms with Gasteiger partial charge in [-0.3, -0.25) is 4.79 Å². The molecule has 1 N–H and O–H groups in total. The molecule has 0 saturated carbocycles. The van der Waals surface area contributed by atoms with Crippen molar-refractivity contribution in [2.45, 2.75) is 18.7 Å². The molecule has 1 aromatic heterocycles. The SMILES string of the molecule is Cc1ccc(F)cc1S(=O)(=O)NC(=O)c1nnn(-c2ccc(F)cc2F)c1C. The fourth-order valence-electron chi connectivity index (χ4n) is 2.51. The highest BCUT2D eigenvalue weighted by Crippen LogP contribution is 2.19. The van der Waals surface area contributed by atoms with Crippen LogP contribution in [-0.2, 0) is 10.0 Å². The average Bonchev–Trinajstić information content (AvgIpc) is 2.98. The van der Waals surface area contributed by atoms with Gasteiger partial charge in [-0.25, -0.2) is 31.0 Å². The number of sulfonamides is 1. The third-order valence-electron chi connectivity index (χ3n) is 3.91. The Morgan fingerprint density at radius 1 is 1.04 bits per heavy atom. The summed E-state index contributed by atoms with van der Waals surface area (Å²) in [5, 5.41) is 7.20. The van der Waals surface area contributed by atoms with Gasteiger partial charge in [0.25, 0.3) is 15.9 Å². The van der Waals surface area contributed by atoms with E-state index < -0.39 is 38.3 Å². The number of amides is 1. The van der Waals surface area contributed by atoms with Crippen LogP contribution in [0, 0.1) is 31.3 Å². The van der Waals surface area contributed by atoms with E-state index in [1.807, 2.05) is 0 Å². The maximum absolute atomic E-state index is 13.9. The molecule has 28 heavy (non-hydrogen) atoms. The second kappa shape index (κ2) is 7.08. The second-order valence-electron chi connectivity index (χ2n) is 5.88. The van der Waals surface area contributed by atoms with Gasteiger partial charge < -0.3 is 0 Å². The van der Waals surface area contributed by atoms with Gasteiger partial charge in [0.2, 0.25) is 0 Å². The lowest BCUT2D eigenvalue weighted by Gasteiger charge is -2.09. The Bertz CT molecular complexity index is 1190. The van der Waals surface area contributed by atoms with Crippen LogP contribution in [0.25, 0.3) is 5.69 Å². The fraction of sp³-hybridized carbons (Fsp3) is 0.118. The number of aryl methyl sites for hydroxylation is 1. The van der Waals surface area contributed by atoms with Crippen LogP contribution in [0.4, 0.5) is 13.2 Å². The van der Waals surface area contributed by atoms with Gasteiger partial charge in [0.05, 0.1) is 10.6 Å². The molecule has 0 aliphatic carbocycles. The summed E-state index contributed by atoms with van der Waals surface area (Å²) >= 11 is 0. The van der Waals surface area contributed by atoms with E-state index in [0.29, 0.717) is 6.07 Å². The van der Waals surface area contributed by atoms with E-state index in [4.69, 9.17) is 0 Å². The quantitative estimate of drug-likeness (QED) is 0.713. The van der Waals surface area contributed by atoms with Crippen LogP contribution in [0.2, 0.25) is 0 Å². The Hall–Kier alpha value is -3.21. The smallest absolute Gasteiger partial charge is 0.266 e. The monoisotopic (exact) mass is 410 g/mol. The highest BCUT2D eigenvalue weighted by Gasteiger charge is 2.25. The number of rotatable bonds is 4. The summed E-state index contributed by atoms with van der Waals surface area (Å²) in [6, 6.07) is 5.85. The van der Waals surface area contributed by atoms with Gasteiger partial charge in [0.15, 0.2) is 11.5 Å². The number of nitrogens with one attached hydrogen (secondary N) is 1. The Labute approximate surface area is 157 Å². The van der Waals surface area contributed by atoms with Crippen LogP contribution in [0.5, 0.6) is 0 Å². The normalized spacial score (nSPS) is 11.5. The van der Waals surface area contributed by atoms with Gasteiger partial charge in [-0.15, -0.1) is 5.10 Å². The summed E-state index contributed by atoms with van der Waals surface area (Å²) in [6.45, 7) is 2.80. The lowest BCUT2D eigenvalue weighted by Crippen LogP contribution is -2.32. The van der Waals surface area contributed by atoms with Crippen molar-refractivity contribution in [3.8, 4) is 5.69 Å². The predicted molar refractivity (Wildman–Crippen MR) is 91.8 cm³/mol. The Balaban J connectivity index is 1.94. The van der Waals surface area contributed by atoms with Crippen LogP contribution in [0.1, 0.15) is 21.7 Å². The van der Waals surface area contributed by atoms with Gasteiger partial charge in [-0.1, -0.05) is 11.3 Å². The summed E-state index contributed by atoms with van der Waals surface area (Å²) in [7, 11) is -4.39. The molecule has 0 saturated heterocycles. The minimum absolute atomic E-state index is 0.0224. The molecule has 0 fully saturated rings. The zero-order valence-corrected chi connectivity index (χ0v) is 15.4. The highest BCUT2D eigenvalue weighted by molar-refractivity contribution is 7.90. The highest BCUT2D eigenvalue weighted by atomic mass is 32.2. The summed E-state index contributed by atoms with van der Waals surface area (Å²) < 4.78 is 67.9. The Kier molecular flexibility index (Phi) is 4.94. The number of carbonyl (C=O) groups is 1. The molecule has 2 aromatic carbocycles. The van der Waals surface area contributed by atoms with Crippen LogP contribution < -0.4 is 4.72 Å². The fourth-order valence-corrected chi connectivity index (χ4v) is 3.72. The molecule has 1 heterocycles. The lowest BCUT2D eigenvalue weighted by molar-refractivity contribution is 0.0976. The molecule has 0 bridgehead atoms.